The molecule has 1 heterocycles. The highest BCUT2D eigenvalue weighted by Crippen LogP contribution is 2.17. The molecule has 0 aliphatic rings. The zero-order valence-corrected chi connectivity index (χ0v) is 15.5. The molecule has 3 nitrogen and oxygen atoms in total. The largest absolute Gasteiger partial charge is 0.356 e. The molecule has 0 fully saturated rings. The molecule has 0 radical (unpaired) electrons. The maximum atomic E-state index is 12.0. The van der Waals surface area contributed by atoms with Gasteiger partial charge in [-0.2, -0.15) is 0 Å². The van der Waals surface area contributed by atoms with Gasteiger partial charge in [-0.1, -0.05) is 23.8 Å². The number of carbonyl (C=O) groups is 2. The Bertz CT molecular complexity index is 718. The molecule has 0 saturated heterocycles. The SMILES string of the molecule is Cc1ccc(CCCNC(=O)CCC(=O)c2ccc(C)s2)c(C)c1. The average Bonchev–Trinajstić information content (AvgIpc) is 2.97. The van der Waals surface area contributed by atoms with Crippen LogP contribution in [0.4, 0.5) is 0 Å². The molecule has 4 heteroatoms. The van der Waals surface area contributed by atoms with Gasteiger partial charge in [-0.05, 0) is 56.9 Å². The second-order valence-electron chi connectivity index (χ2n) is 6.22. The summed E-state index contributed by atoms with van der Waals surface area (Å²) >= 11 is 1.49. The maximum absolute atomic E-state index is 12.0. The van der Waals surface area contributed by atoms with E-state index in [4.69, 9.17) is 0 Å². The van der Waals surface area contributed by atoms with Gasteiger partial charge in [0.05, 0.1) is 4.88 Å². The predicted molar refractivity (Wildman–Crippen MR) is 99.9 cm³/mol. The topological polar surface area (TPSA) is 46.2 Å². The van der Waals surface area contributed by atoms with Crippen LogP contribution in [0.3, 0.4) is 0 Å². The van der Waals surface area contributed by atoms with E-state index in [0.29, 0.717) is 6.54 Å². The molecule has 1 aromatic heterocycles. The highest BCUT2D eigenvalue weighted by molar-refractivity contribution is 7.14. The van der Waals surface area contributed by atoms with E-state index in [1.54, 1.807) is 0 Å². The van der Waals surface area contributed by atoms with Crippen molar-refractivity contribution in [3.05, 3.63) is 56.8 Å². The fourth-order valence-electron chi connectivity index (χ4n) is 2.66. The standard InChI is InChI=1S/C20H25NO2S/c1-14-6-8-17(15(2)13-14)5-4-12-21-20(23)11-9-18(22)19-10-7-16(3)24-19/h6-8,10,13H,4-5,9,11-12H2,1-3H3,(H,21,23). The van der Waals surface area contributed by atoms with Crippen molar-refractivity contribution in [3.8, 4) is 0 Å². The summed E-state index contributed by atoms with van der Waals surface area (Å²) < 4.78 is 0. The van der Waals surface area contributed by atoms with Crippen molar-refractivity contribution in [1.82, 2.24) is 5.32 Å². The Morgan fingerprint density at radius 2 is 1.83 bits per heavy atom. The van der Waals surface area contributed by atoms with Gasteiger partial charge in [-0.3, -0.25) is 9.59 Å². The number of amides is 1. The monoisotopic (exact) mass is 343 g/mol. The van der Waals surface area contributed by atoms with Crippen LogP contribution < -0.4 is 5.32 Å². The molecule has 128 valence electrons. The summed E-state index contributed by atoms with van der Waals surface area (Å²) in [4.78, 5) is 25.7. The van der Waals surface area contributed by atoms with Crippen molar-refractivity contribution in [2.24, 2.45) is 0 Å². The van der Waals surface area contributed by atoms with Gasteiger partial charge in [0.25, 0.3) is 0 Å². The summed E-state index contributed by atoms with van der Waals surface area (Å²) in [5.41, 5.74) is 3.91. The Balaban J connectivity index is 1.65. The van der Waals surface area contributed by atoms with Crippen LogP contribution in [0.2, 0.25) is 0 Å². The third-order valence-corrected chi connectivity index (χ3v) is 5.08. The van der Waals surface area contributed by atoms with E-state index >= 15 is 0 Å². The predicted octanol–water partition coefficient (Wildman–Crippen LogP) is 4.39. The minimum Gasteiger partial charge on any atom is -0.356 e. The number of hydrogen-bond donors (Lipinski definition) is 1. The fourth-order valence-corrected chi connectivity index (χ4v) is 3.49. The number of carbonyl (C=O) groups excluding carboxylic acids is 2. The first kappa shape index (κ1) is 18.4. The van der Waals surface area contributed by atoms with E-state index in [1.807, 2.05) is 19.1 Å². The first-order valence-corrected chi connectivity index (χ1v) is 9.20. The van der Waals surface area contributed by atoms with Gasteiger partial charge in [-0.15, -0.1) is 11.3 Å². The van der Waals surface area contributed by atoms with Crippen LogP contribution in [-0.4, -0.2) is 18.2 Å². The van der Waals surface area contributed by atoms with Gasteiger partial charge in [0, 0.05) is 24.3 Å². The van der Waals surface area contributed by atoms with Crippen LogP contribution in [0.15, 0.2) is 30.3 Å². The molecular formula is C20H25NO2S. The molecule has 0 aliphatic heterocycles. The van der Waals surface area contributed by atoms with Crippen LogP contribution in [0.25, 0.3) is 0 Å². The van der Waals surface area contributed by atoms with Gasteiger partial charge >= 0.3 is 0 Å². The van der Waals surface area contributed by atoms with Crippen molar-refractivity contribution in [3.63, 3.8) is 0 Å². The number of nitrogens with one attached hydrogen (secondary N) is 1. The molecular weight excluding hydrogens is 318 g/mol. The van der Waals surface area contributed by atoms with Crippen LogP contribution in [0, 0.1) is 20.8 Å². The Morgan fingerprint density at radius 3 is 2.50 bits per heavy atom. The third-order valence-electron chi connectivity index (χ3n) is 4.04. The van der Waals surface area contributed by atoms with E-state index in [9.17, 15) is 9.59 Å². The Labute approximate surface area is 148 Å². The lowest BCUT2D eigenvalue weighted by Crippen LogP contribution is -2.25. The molecule has 1 N–H and O–H groups in total. The van der Waals surface area contributed by atoms with E-state index in [2.05, 4.69) is 37.4 Å². The highest BCUT2D eigenvalue weighted by Gasteiger charge is 2.10. The molecule has 24 heavy (non-hydrogen) atoms. The third kappa shape index (κ3) is 5.60. The number of Topliss-reactive ketones (excluding diaryl/α,β-unsaturated/α-hetero) is 1. The number of thiophene rings is 1. The zero-order chi connectivity index (χ0) is 17.5. The molecule has 2 aromatic rings. The Hall–Kier alpha value is -1.94. The molecule has 0 unspecified atom stereocenters. The summed E-state index contributed by atoms with van der Waals surface area (Å²) in [5, 5.41) is 2.91. The molecule has 1 amide bonds. The first-order chi connectivity index (χ1) is 11.5. The number of hydrogen-bond acceptors (Lipinski definition) is 3. The summed E-state index contributed by atoms with van der Waals surface area (Å²) in [6.45, 7) is 6.84. The number of ketones is 1. The molecule has 0 atom stereocenters. The Kier molecular flexibility index (Phi) is 6.73. The van der Waals surface area contributed by atoms with E-state index in [-0.39, 0.29) is 24.5 Å². The van der Waals surface area contributed by atoms with Crippen LogP contribution in [0.1, 0.15) is 50.5 Å². The number of benzene rings is 1. The molecule has 0 aliphatic carbocycles. The van der Waals surface area contributed by atoms with Crippen molar-refractivity contribution < 1.29 is 9.59 Å². The zero-order valence-electron chi connectivity index (χ0n) is 14.6. The highest BCUT2D eigenvalue weighted by atomic mass is 32.1. The van der Waals surface area contributed by atoms with Gasteiger partial charge in [-0.25, -0.2) is 0 Å². The molecule has 0 bridgehead atoms. The molecule has 0 saturated carbocycles. The average molecular weight is 343 g/mol. The first-order valence-electron chi connectivity index (χ1n) is 8.38. The number of aryl methyl sites for hydroxylation is 4. The second-order valence-corrected chi connectivity index (χ2v) is 7.50. The summed E-state index contributed by atoms with van der Waals surface area (Å²) in [6, 6.07) is 10.2. The smallest absolute Gasteiger partial charge is 0.220 e. The van der Waals surface area contributed by atoms with Gasteiger partial charge < -0.3 is 5.32 Å². The molecule has 2 rings (SSSR count). The van der Waals surface area contributed by atoms with Crippen molar-refractivity contribution in [2.75, 3.05) is 6.54 Å². The van der Waals surface area contributed by atoms with Gasteiger partial charge in [0.15, 0.2) is 5.78 Å². The second kappa shape index (κ2) is 8.78. The van der Waals surface area contributed by atoms with Gasteiger partial charge in [0.1, 0.15) is 0 Å². The van der Waals surface area contributed by atoms with Crippen LogP contribution in [-0.2, 0) is 11.2 Å². The van der Waals surface area contributed by atoms with Gasteiger partial charge in [0.2, 0.25) is 5.91 Å². The fraction of sp³-hybridized carbons (Fsp3) is 0.400. The van der Waals surface area contributed by atoms with E-state index in [1.165, 1.54) is 28.0 Å². The lowest BCUT2D eigenvalue weighted by molar-refractivity contribution is -0.121. The van der Waals surface area contributed by atoms with Crippen molar-refractivity contribution >= 4 is 23.0 Å². The molecule has 1 aromatic carbocycles. The maximum Gasteiger partial charge on any atom is 0.220 e. The van der Waals surface area contributed by atoms with Crippen LogP contribution in [0.5, 0.6) is 0 Å². The lowest BCUT2D eigenvalue weighted by atomic mass is 10.0. The van der Waals surface area contributed by atoms with E-state index < -0.39 is 0 Å². The Morgan fingerprint density at radius 1 is 1.04 bits per heavy atom. The van der Waals surface area contributed by atoms with Crippen molar-refractivity contribution in [1.29, 1.82) is 0 Å². The van der Waals surface area contributed by atoms with E-state index in [0.717, 1.165) is 22.6 Å². The quantitative estimate of drug-likeness (QED) is 0.571. The van der Waals surface area contributed by atoms with Crippen LogP contribution >= 0.6 is 11.3 Å². The minimum atomic E-state index is -0.0442. The summed E-state index contributed by atoms with van der Waals surface area (Å²) in [5.74, 6) is 0.00999. The summed E-state index contributed by atoms with van der Waals surface area (Å²) in [7, 11) is 0. The summed E-state index contributed by atoms with van der Waals surface area (Å²) in [6.07, 6.45) is 2.41. The normalized spacial score (nSPS) is 10.6. The lowest BCUT2D eigenvalue weighted by Gasteiger charge is -2.08. The minimum absolute atomic E-state index is 0.0442. The molecule has 0 spiro atoms. The van der Waals surface area contributed by atoms with Crippen molar-refractivity contribution in [2.45, 2.75) is 46.5 Å². The number of rotatable bonds is 8.